The van der Waals surface area contributed by atoms with Crippen molar-refractivity contribution in [3.05, 3.63) is 12.1 Å². The molecule has 0 saturated carbocycles. The van der Waals surface area contributed by atoms with Crippen LogP contribution in [0.3, 0.4) is 0 Å². The molecule has 1 aromatic carbocycles. The summed E-state index contributed by atoms with van der Waals surface area (Å²) in [6.07, 6.45) is 1.35. The first kappa shape index (κ1) is 25.5. The topological polar surface area (TPSA) is 283 Å². The van der Waals surface area contributed by atoms with Crippen molar-refractivity contribution >= 4 is 57.1 Å². The van der Waals surface area contributed by atoms with Gasteiger partial charge in [-0.2, -0.15) is 34.1 Å². The molecule has 0 atom stereocenters. The summed E-state index contributed by atoms with van der Waals surface area (Å²) >= 11 is 0. The Hall–Kier alpha value is -5.16. The van der Waals surface area contributed by atoms with Crippen molar-refractivity contribution in [2.45, 2.75) is 17.0 Å². The molecule has 0 aromatic heterocycles. The number of hydrogen-bond acceptors (Lipinski definition) is 14. The predicted octanol–water partition coefficient (Wildman–Crippen LogP) is -1.70. The Balaban J connectivity index is 1.98. The summed E-state index contributed by atoms with van der Waals surface area (Å²) < 4.78 is 38.5. The molecule has 0 bridgehead atoms. The number of nitrogens with one attached hydrogen (secondary N) is 4. The molecule has 0 unspecified atom stereocenters. The first-order valence-corrected chi connectivity index (χ1v) is 10.6. The number of carbonyl (C=O) groups excluding carboxylic acids is 5. The van der Waals surface area contributed by atoms with Crippen molar-refractivity contribution in [1.82, 2.24) is 21.3 Å². The molecule has 6 amide bonds. The highest BCUT2D eigenvalue weighted by Crippen LogP contribution is 2.38. The van der Waals surface area contributed by atoms with Gasteiger partial charge in [-0.25, -0.2) is 4.79 Å². The highest BCUT2D eigenvalue weighted by molar-refractivity contribution is 7.86. The van der Waals surface area contributed by atoms with E-state index in [4.69, 9.17) is 10.00 Å². The Morgan fingerprint density at radius 2 is 1.39 bits per heavy atom. The summed E-state index contributed by atoms with van der Waals surface area (Å²) in [7, 11) is -3.90. The average molecular weight is 520 g/mol. The summed E-state index contributed by atoms with van der Waals surface area (Å²) in [6.45, 7) is 0. The molecular formula is C16H12N10O9S. The highest BCUT2D eigenvalue weighted by Gasteiger charge is 2.35. The molecule has 36 heavy (non-hydrogen) atoms. The minimum absolute atomic E-state index is 0.242. The van der Waals surface area contributed by atoms with Gasteiger partial charge in [-0.15, -0.1) is 4.99 Å². The van der Waals surface area contributed by atoms with E-state index in [2.05, 4.69) is 36.1 Å². The maximum atomic E-state index is 12.1. The highest BCUT2D eigenvalue weighted by atomic mass is 32.2. The lowest BCUT2D eigenvalue weighted by Crippen LogP contribution is -2.58. The zero-order valence-electron chi connectivity index (χ0n) is 17.6. The number of urea groups is 1. The third-order valence-corrected chi connectivity index (χ3v) is 5.09. The fourth-order valence-corrected chi connectivity index (χ4v) is 3.28. The number of nitriles is 1. The number of azo groups is 2. The monoisotopic (exact) mass is 520 g/mol. The van der Waals surface area contributed by atoms with Gasteiger partial charge in [-0.1, -0.05) is 0 Å². The number of rotatable bonds is 6. The lowest BCUT2D eigenvalue weighted by molar-refractivity contribution is -0.133. The summed E-state index contributed by atoms with van der Waals surface area (Å²) in [5.41, 5.74) is -0.990. The number of methoxy groups -OCH3 is 1. The van der Waals surface area contributed by atoms with E-state index in [0.717, 1.165) is 13.2 Å². The molecule has 20 heteroatoms. The Bertz CT molecular complexity index is 1390. The van der Waals surface area contributed by atoms with E-state index in [1.54, 1.807) is 10.6 Å². The molecule has 2 aliphatic rings. The fourth-order valence-electron chi connectivity index (χ4n) is 2.65. The van der Waals surface area contributed by atoms with Gasteiger partial charge in [0.15, 0.2) is 0 Å². The van der Waals surface area contributed by atoms with Crippen molar-refractivity contribution in [3.63, 3.8) is 0 Å². The summed E-state index contributed by atoms with van der Waals surface area (Å²) in [6, 6.07) is -3.07. The van der Waals surface area contributed by atoms with E-state index < -0.39 is 74.1 Å². The molecule has 2 saturated heterocycles. The second-order valence-corrected chi connectivity index (χ2v) is 7.94. The van der Waals surface area contributed by atoms with Crippen LogP contribution >= 0.6 is 0 Å². The number of carbonyl (C=O) groups is 5. The minimum Gasteiger partial charge on any atom is -0.494 e. The molecule has 2 heterocycles. The Kier molecular flexibility index (Phi) is 7.07. The third-order valence-electron chi connectivity index (χ3n) is 4.21. The van der Waals surface area contributed by atoms with Gasteiger partial charge in [0.05, 0.1) is 7.11 Å². The second kappa shape index (κ2) is 9.99. The number of hydrogen-bond donors (Lipinski definition) is 5. The van der Waals surface area contributed by atoms with Gasteiger partial charge in [-0.3, -0.25) is 45.0 Å². The maximum Gasteiger partial charge on any atom is 0.328 e. The normalized spacial score (nSPS) is 19.0. The van der Waals surface area contributed by atoms with Gasteiger partial charge in [0.1, 0.15) is 22.0 Å². The van der Waals surface area contributed by atoms with Gasteiger partial charge in [0.2, 0.25) is 24.2 Å². The lowest BCUT2D eigenvalue weighted by Gasteiger charge is -2.18. The van der Waals surface area contributed by atoms with Gasteiger partial charge in [-0.05, 0) is 6.07 Å². The Morgan fingerprint density at radius 3 is 1.86 bits per heavy atom. The minimum atomic E-state index is -5.02. The van der Waals surface area contributed by atoms with Crippen LogP contribution in [0.15, 0.2) is 42.5 Å². The third kappa shape index (κ3) is 5.48. The van der Waals surface area contributed by atoms with Crippen LogP contribution in [0.4, 0.5) is 16.2 Å². The SMILES string of the molecule is COc1cc(N=NC2C(=O)NC(=NC#N)NC2=O)c(S(=O)(=O)O)cc1N=NC1C(=O)NC(=O)NC1=O. The molecule has 0 radical (unpaired) electrons. The van der Waals surface area contributed by atoms with Gasteiger partial charge in [0, 0.05) is 6.07 Å². The van der Waals surface area contributed by atoms with Crippen LogP contribution in [0, 0.1) is 11.5 Å². The van der Waals surface area contributed by atoms with E-state index >= 15 is 0 Å². The fraction of sp³-hybridized carbons (Fsp3) is 0.188. The maximum absolute atomic E-state index is 12.1. The lowest BCUT2D eigenvalue weighted by atomic mass is 10.2. The Morgan fingerprint density at radius 1 is 0.889 bits per heavy atom. The van der Waals surface area contributed by atoms with Gasteiger partial charge in [0.25, 0.3) is 33.7 Å². The standard InChI is InChI=1S/C16H12N10O9S/c1-35-7-2-6(24-26-9-11(27)19-15(18-4-17)20-12(9)28)8(36(32,33)34)3-5(7)23-25-10-13(29)21-16(31)22-14(10)30/h2-3,9-10H,1H3,(H,32,33,34)(H2,18,19,20,27,28)(H2,21,22,29,30,31). The first-order chi connectivity index (χ1) is 16.9. The summed E-state index contributed by atoms with van der Waals surface area (Å²) in [5.74, 6) is -4.96. The number of barbiturate groups is 1. The van der Waals surface area contributed by atoms with Crippen LogP contribution in [0.25, 0.3) is 0 Å². The van der Waals surface area contributed by atoms with Crippen LogP contribution in [0.5, 0.6) is 5.75 Å². The number of ether oxygens (including phenoxy) is 1. The van der Waals surface area contributed by atoms with Gasteiger partial charge >= 0.3 is 6.03 Å². The number of amides is 6. The number of imide groups is 2. The number of benzene rings is 1. The molecule has 19 nitrogen and oxygen atoms in total. The van der Waals surface area contributed by atoms with Crippen molar-refractivity contribution in [2.24, 2.45) is 25.4 Å². The van der Waals surface area contributed by atoms with E-state index in [1.807, 2.05) is 0 Å². The van der Waals surface area contributed by atoms with Crippen LogP contribution in [0.2, 0.25) is 0 Å². The first-order valence-electron chi connectivity index (χ1n) is 9.20. The molecule has 0 spiro atoms. The van der Waals surface area contributed by atoms with Crippen LogP contribution in [-0.2, 0) is 29.3 Å². The largest absolute Gasteiger partial charge is 0.494 e. The van der Waals surface area contributed by atoms with Crippen LogP contribution in [0.1, 0.15) is 0 Å². The quantitative estimate of drug-likeness (QED) is 0.122. The Labute approximate surface area is 199 Å². The molecule has 0 aliphatic carbocycles. The zero-order valence-corrected chi connectivity index (χ0v) is 18.4. The number of nitrogens with zero attached hydrogens (tertiary/aromatic N) is 6. The second-order valence-electron chi connectivity index (χ2n) is 6.55. The molecular weight excluding hydrogens is 508 g/mol. The average Bonchev–Trinajstić information content (AvgIpc) is 2.77. The molecule has 3 rings (SSSR count). The van der Waals surface area contributed by atoms with E-state index in [1.165, 1.54) is 6.19 Å². The van der Waals surface area contributed by atoms with Gasteiger partial charge < -0.3 is 4.74 Å². The predicted molar refractivity (Wildman–Crippen MR) is 110 cm³/mol. The molecule has 2 fully saturated rings. The smallest absolute Gasteiger partial charge is 0.328 e. The molecule has 186 valence electrons. The van der Waals surface area contributed by atoms with E-state index in [9.17, 15) is 36.9 Å². The zero-order chi connectivity index (χ0) is 26.6. The van der Waals surface area contributed by atoms with Crippen molar-refractivity contribution < 1.29 is 41.7 Å². The number of aliphatic imine (C=N–C) groups is 1. The number of guanidine groups is 1. The van der Waals surface area contributed by atoms with Crippen LogP contribution in [-0.4, -0.2) is 67.8 Å². The summed E-state index contributed by atoms with van der Waals surface area (Å²) in [5, 5.41) is 30.3. The molecule has 1 aromatic rings. The van der Waals surface area contributed by atoms with E-state index in [0.29, 0.717) is 6.07 Å². The van der Waals surface area contributed by atoms with Crippen molar-refractivity contribution in [2.75, 3.05) is 7.11 Å². The van der Waals surface area contributed by atoms with E-state index in [-0.39, 0.29) is 5.75 Å². The molecule has 5 N–H and O–H groups in total. The van der Waals surface area contributed by atoms with Crippen LogP contribution < -0.4 is 26.0 Å². The molecule has 2 aliphatic heterocycles. The summed E-state index contributed by atoms with van der Waals surface area (Å²) in [4.78, 5) is 61.0. The van der Waals surface area contributed by atoms with Crippen molar-refractivity contribution in [1.29, 1.82) is 5.26 Å². The van der Waals surface area contributed by atoms with Crippen molar-refractivity contribution in [3.8, 4) is 11.9 Å².